The molecule has 6 rings (SSSR count). The van der Waals surface area contributed by atoms with Crippen molar-refractivity contribution >= 4 is 35.0 Å². The van der Waals surface area contributed by atoms with Crippen LogP contribution in [0.4, 0.5) is 17.5 Å². The number of likely N-dealkylation sites (tertiary alicyclic amines) is 1. The molecule has 1 aliphatic heterocycles. The molecule has 2 aromatic rings. The van der Waals surface area contributed by atoms with Crippen LogP contribution in [0.2, 0.25) is 5.02 Å². The molecule has 8 nitrogen and oxygen atoms in total. The molecule has 1 aromatic heterocycles. The van der Waals surface area contributed by atoms with E-state index in [9.17, 15) is 4.79 Å². The summed E-state index contributed by atoms with van der Waals surface area (Å²) in [4.78, 5) is 24.4. The SMILES string of the molecule is CNC(=O)[C@H]1C[C@H]2C[C@H](C2(C)C)[C@@]1(C)Nc1nc(Nc2ccc(OCCN3CCCC3)cc2)ncc1Cl. The van der Waals surface area contributed by atoms with Crippen molar-refractivity contribution in [3.05, 3.63) is 35.5 Å². The minimum Gasteiger partial charge on any atom is -0.492 e. The lowest BCUT2D eigenvalue weighted by Crippen LogP contribution is -2.69. The van der Waals surface area contributed by atoms with Crippen LogP contribution in [-0.4, -0.2) is 59.6 Å². The molecule has 1 saturated heterocycles. The van der Waals surface area contributed by atoms with Gasteiger partial charge in [-0.15, -0.1) is 0 Å². The molecule has 1 amide bonds. The summed E-state index contributed by atoms with van der Waals surface area (Å²) >= 11 is 6.55. The molecule has 0 unspecified atom stereocenters. The third kappa shape index (κ3) is 5.10. The standard InChI is InChI=1S/C28H39ClN6O2/c1-27(2)18-15-21(25(36)30-4)28(3,23(27)16-18)34-24-22(29)17-31-26(33-24)32-19-7-9-20(10-8-19)37-14-13-35-11-5-6-12-35/h7-10,17-18,21,23H,5-6,11-16H2,1-4H3,(H,30,36)(H2,31,32,33,34)/t18-,21+,23+,28-/m0/s1. The van der Waals surface area contributed by atoms with Crippen LogP contribution in [0.1, 0.15) is 46.5 Å². The molecule has 0 spiro atoms. The first-order valence-electron chi connectivity index (χ1n) is 13.5. The van der Waals surface area contributed by atoms with E-state index in [0.717, 1.165) is 30.8 Å². The Labute approximate surface area is 224 Å². The molecule has 37 heavy (non-hydrogen) atoms. The molecular formula is C28H39ClN6O2. The first-order valence-corrected chi connectivity index (χ1v) is 13.8. The lowest BCUT2D eigenvalue weighted by Gasteiger charge is -2.66. The fraction of sp³-hybridized carbons (Fsp3) is 0.607. The quantitative estimate of drug-likeness (QED) is 0.426. The van der Waals surface area contributed by atoms with Crippen LogP contribution in [0.25, 0.3) is 0 Å². The van der Waals surface area contributed by atoms with E-state index >= 15 is 0 Å². The summed E-state index contributed by atoms with van der Waals surface area (Å²) < 4.78 is 5.91. The number of benzene rings is 1. The summed E-state index contributed by atoms with van der Waals surface area (Å²) in [6.07, 6.45) is 6.14. The molecular weight excluding hydrogens is 488 g/mol. The number of carbonyl (C=O) groups is 1. The predicted molar refractivity (Wildman–Crippen MR) is 148 cm³/mol. The van der Waals surface area contributed by atoms with Gasteiger partial charge in [-0.2, -0.15) is 4.98 Å². The number of hydrogen-bond acceptors (Lipinski definition) is 7. The molecule has 1 aromatic carbocycles. The van der Waals surface area contributed by atoms with Crippen LogP contribution >= 0.6 is 11.6 Å². The van der Waals surface area contributed by atoms with Gasteiger partial charge in [0.05, 0.1) is 17.7 Å². The maximum atomic E-state index is 12.9. The summed E-state index contributed by atoms with van der Waals surface area (Å²) in [6, 6.07) is 7.82. The molecule has 200 valence electrons. The van der Waals surface area contributed by atoms with Crippen LogP contribution in [0, 0.1) is 23.2 Å². The Bertz CT molecular complexity index is 1120. The van der Waals surface area contributed by atoms with Gasteiger partial charge in [0.2, 0.25) is 11.9 Å². The topological polar surface area (TPSA) is 91.4 Å². The summed E-state index contributed by atoms with van der Waals surface area (Å²) in [6.45, 7) is 10.8. The lowest BCUT2D eigenvalue weighted by molar-refractivity contribution is -0.155. The lowest BCUT2D eigenvalue weighted by atomic mass is 9.40. The Morgan fingerprint density at radius 2 is 1.89 bits per heavy atom. The van der Waals surface area contributed by atoms with Crippen molar-refractivity contribution in [1.82, 2.24) is 20.2 Å². The van der Waals surface area contributed by atoms with Crippen molar-refractivity contribution < 1.29 is 9.53 Å². The maximum Gasteiger partial charge on any atom is 0.229 e. The van der Waals surface area contributed by atoms with Crippen molar-refractivity contribution in [2.24, 2.45) is 23.2 Å². The number of rotatable bonds is 9. The van der Waals surface area contributed by atoms with Gasteiger partial charge in [-0.05, 0) is 87.2 Å². The van der Waals surface area contributed by atoms with Crippen LogP contribution in [-0.2, 0) is 4.79 Å². The second kappa shape index (κ2) is 10.3. The number of hydrogen-bond donors (Lipinski definition) is 3. The normalized spacial score (nSPS) is 28.3. The van der Waals surface area contributed by atoms with Crippen LogP contribution < -0.4 is 20.7 Å². The third-order valence-electron chi connectivity index (χ3n) is 9.12. The smallest absolute Gasteiger partial charge is 0.229 e. The Balaban J connectivity index is 1.26. The molecule has 4 atom stereocenters. The molecule has 3 saturated carbocycles. The number of nitrogens with zero attached hydrogens (tertiary/aromatic N) is 3. The Kier molecular flexibility index (Phi) is 7.24. The van der Waals surface area contributed by atoms with Gasteiger partial charge < -0.3 is 20.7 Å². The van der Waals surface area contributed by atoms with E-state index in [2.05, 4.69) is 46.6 Å². The summed E-state index contributed by atoms with van der Waals surface area (Å²) in [5.41, 5.74) is 0.544. The number of fused-ring (bicyclic) bond motifs is 2. The van der Waals surface area contributed by atoms with E-state index in [0.29, 0.717) is 35.2 Å². The molecule has 4 aliphatic rings. The van der Waals surface area contributed by atoms with Gasteiger partial charge in [0.15, 0.2) is 5.82 Å². The molecule has 2 heterocycles. The second-order valence-corrected chi connectivity index (χ2v) is 12.0. The first-order chi connectivity index (χ1) is 17.7. The summed E-state index contributed by atoms with van der Waals surface area (Å²) in [5, 5.41) is 10.2. The molecule has 3 N–H and O–H groups in total. The third-order valence-corrected chi connectivity index (χ3v) is 9.40. The number of anilines is 3. The molecule has 3 aliphatic carbocycles. The van der Waals surface area contributed by atoms with Crippen molar-refractivity contribution in [2.45, 2.75) is 52.0 Å². The van der Waals surface area contributed by atoms with Gasteiger partial charge in [0, 0.05) is 19.3 Å². The summed E-state index contributed by atoms with van der Waals surface area (Å²) in [7, 11) is 1.71. The largest absolute Gasteiger partial charge is 0.492 e. The first kappa shape index (κ1) is 26.0. The van der Waals surface area contributed by atoms with E-state index in [1.807, 2.05) is 24.3 Å². The van der Waals surface area contributed by atoms with Crippen molar-refractivity contribution in [3.8, 4) is 5.75 Å². The van der Waals surface area contributed by atoms with E-state index < -0.39 is 5.54 Å². The average molecular weight is 527 g/mol. The highest BCUT2D eigenvalue weighted by atomic mass is 35.5. The number of amides is 1. The zero-order chi connectivity index (χ0) is 26.2. The van der Waals surface area contributed by atoms with Crippen LogP contribution in [0.5, 0.6) is 5.75 Å². The minimum absolute atomic E-state index is 0.0615. The van der Waals surface area contributed by atoms with Crippen molar-refractivity contribution in [2.75, 3.05) is 43.9 Å². The van der Waals surface area contributed by atoms with Gasteiger partial charge in [-0.25, -0.2) is 4.98 Å². The fourth-order valence-corrected chi connectivity index (χ4v) is 6.90. The second-order valence-electron chi connectivity index (χ2n) is 11.6. The highest BCUT2D eigenvalue weighted by molar-refractivity contribution is 6.32. The van der Waals surface area contributed by atoms with Gasteiger partial charge >= 0.3 is 0 Å². The van der Waals surface area contributed by atoms with Crippen molar-refractivity contribution in [1.29, 1.82) is 0 Å². The Morgan fingerprint density at radius 3 is 2.57 bits per heavy atom. The van der Waals surface area contributed by atoms with E-state index in [1.54, 1.807) is 13.2 Å². The highest BCUT2D eigenvalue weighted by Gasteiger charge is 2.64. The zero-order valence-corrected chi connectivity index (χ0v) is 23.1. The van der Waals surface area contributed by atoms with E-state index in [4.69, 9.17) is 21.3 Å². The van der Waals surface area contributed by atoms with Crippen molar-refractivity contribution in [3.63, 3.8) is 0 Å². The van der Waals surface area contributed by atoms with Gasteiger partial charge in [0.25, 0.3) is 0 Å². The van der Waals surface area contributed by atoms with E-state index in [1.165, 1.54) is 25.9 Å². The molecule has 4 fully saturated rings. The fourth-order valence-electron chi connectivity index (χ4n) is 6.77. The number of ether oxygens (including phenoxy) is 1. The minimum atomic E-state index is -0.471. The van der Waals surface area contributed by atoms with E-state index in [-0.39, 0.29) is 17.2 Å². The number of halogens is 1. The Hall–Kier alpha value is -2.58. The molecule has 0 radical (unpaired) electrons. The molecule has 2 bridgehead atoms. The predicted octanol–water partition coefficient (Wildman–Crippen LogP) is 4.95. The van der Waals surface area contributed by atoms with Gasteiger partial charge in [-0.3, -0.25) is 9.69 Å². The number of nitrogens with one attached hydrogen (secondary N) is 3. The monoisotopic (exact) mass is 526 g/mol. The average Bonchev–Trinajstić information content (AvgIpc) is 3.40. The maximum absolute atomic E-state index is 12.9. The zero-order valence-electron chi connectivity index (χ0n) is 22.3. The van der Waals surface area contributed by atoms with Crippen LogP contribution in [0.3, 0.4) is 0 Å². The number of carbonyl (C=O) groups excluding carboxylic acids is 1. The highest BCUT2D eigenvalue weighted by Crippen LogP contribution is 2.65. The van der Waals surface area contributed by atoms with Gasteiger partial charge in [0.1, 0.15) is 17.4 Å². The Morgan fingerprint density at radius 1 is 1.16 bits per heavy atom. The summed E-state index contributed by atoms with van der Waals surface area (Å²) in [5.74, 6) is 2.62. The molecule has 9 heteroatoms. The van der Waals surface area contributed by atoms with Gasteiger partial charge in [-0.1, -0.05) is 25.4 Å². The van der Waals surface area contributed by atoms with Crippen LogP contribution in [0.15, 0.2) is 30.5 Å². The number of aromatic nitrogens is 2.